The molecule has 0 aliphatic rings. The molecule has 4 aromatic heterocycles. The molecule has 0 fully saturated rings. The number of aryl methyl sites for hydroxylation is 7. The maximum absolute atomic E-state index is 13.1. The number of halogens is 2. The number of rotatable bonds is 12. The molecule has 22 heteroatoms. The highest BCUT2D eigenvalue weighted by Gasteiger charge is 2.30. The number of carbonyl (C=O) groups excluding carboxylic acids is 4. The van der Waals surface area contributed by atoms with Gasteiger partial charge in [0.1, 0.15) is 41.0 Å². The lowest BCUT2D eigenvalue weighted by Gasteiger charge is -2.14. The number of Topliss-reactive ketones (excluding diaryl/α,β-unsaturated/α-hetero) is 2. The first kappa shape index (κ1) is 46.7. The van der Waals surface area contributed by atoms with E-state index in [-0.39, 0.29) is 52.9 Å². The Bertz CT molecular complexity index is 2970. The number of hydrogen-bond donors (Lipinski definition) is 4. The van der Waals surface area contributed by atoms with E-state index in [4.69, 9.17) is 32.2 Å². The lowest BCUT2D eigenvalue weighted by Crippen LogP contribution is -2.19. The van der Waals surface area contributed by atoms with Crippen LogP contribution in [0, 0.1) is 48.5 Å². The monoisotopic (exact) mass is 948 g/mol. The summed E-state index contributed by atoms with van der Waals surface area (Å²) in [6.45, 7) is 14.8. The number of nitrogens with zero attached hydrogens (tertiary/aromatic N) is 2. The van der Waals surface area contributed by atoms with Crippen LogP contribution < -0.4 is 20.1 Å². The van der Waals surface area contributed by atoms with Crippen LogP contribution in [0.1, 0.15) is 92.4 Å². The summed E-state index contributed by atoms with van der Waals surface area (Å²) in [4.78, 5) is 50.1. The van der Waals surface area contributed by atoms with E-state index in [9.17, 15) is 36.0 Å². The summed E-state index contributed by atoms with van der Waals surface area (Å²) >= 11 is 13.9. The number of sulfonamides is 2. The zero-order valence-electron chi connectivity index (χ0n) is 33.9. The number of thiophene rings is 2. The molecule has 0 bridgehead atoms. The minimum atomic E-state index is -4.20. The third-order valence-corrected chi connectivity index (χ3v) is 14.5. The highest BCUT2D eigenvalue weighted by atomic mass is 35.5. The standard InChI is InChI=1S/C20H20ClN3O5S2.C19H18ClN3O5S2/c1-9-6-10(2)17(14(7-9)13(5)25)22-19(26)18-15(8-11(3)30-18)31(27,28)24-20-16(21)12(4)23-29-20;1-9-7-10(2)16(13(8-9)12(4)24)21-18(25)17-14(5-6-29-17)30(26,27)23-19-15(20)11(3)22-28-19/h6-8,24H,1-5H3,(H,22,26);5-8,23H,1-4H3,(H,21,25). The fourth-order valence-corrected chi connectivity index (χ4v) is 11.0. The first-order chi connectivity index (χ1) is 28.4. The van der Waals surface area contributed by atoms with Gasteiger partial charge >= 0.3 is 0 Å². The molecule has 0 radical (unpaired) electrons. The van der Waals surface area contributed by atoms with Crippen molar-refractivity contribution in [2.24, 2.45) is 0 Å². The Morgan fingerprint density at radius 1 is 0.623 bits per heavy atom. The fourth-order valence-electron chi connectivity index (χ4n) is 5.88. The maximum Gasteiger partial charge on any atom is 0.267 e. The quantitative estimate of drug-likeness (QED) is 0.0840. The third-order valence-electron chi connectivity index (χ3n) is 8.67. The predicted octanol–water partition coefficient (Wildman–Crippen LogP) is 9.45. The zero-order valence-corrected chi connectivity index (χ0v) is 38.7. The van der Waals surface area contributed by atoms with Gasteiger partial charge in [0.05, 0.1) is 11.4 Å². The molecule has 0 atom stereocenters. The minimum Gasteiger partial charge on any atom is -0.336 e. The van der Waals surface area contributed by atoms with Crippen molar-refractivity contribution in [3.05, 3.63) is 111 Å². The second-order valence-corrected chi connectivity index (χ2v) is 20.0. The second-order valence-electron chi connectivity index (χ2n) is 13.7. The highest BCUT2D eigenvalue weighted by molar-refractivity contribution is 7.93. The Morgan fingerprint density at radius 3 is 1.46 bits per heavy atom. The van der Waals surface area contributed by atoms with Gasteiger partial charge < -0.3 is 19.7 Å². The summed E-state index contributed by atoms with van der Waals surface area (Å²) in [7, 11) is -8.37. The summed E-state index contributed by atoms with van der Waals surface area (Å²) in [5.74, 6) is -2.20. The first-order valence-electron chi connectivity index (χ1n) is 17.8. The Kier molecular flexibility index (Phi) is 14.0. The highest BCUT2D eigenvalue weighted by Crippen LogP contribution is 2.34. The summed E-state index contributed by atoms with van der Waals surface area (Å²) < 4.78 is 65.8. The van der Waals surface area contributed by atoms with Crippen LogP contribution in [0.2, 0.25) is 10.0 Å². The molecule has 4 heterocycles. The number of aromatic nitrogens is 2. The molecule has 6 aromatic rings. The predicted molar refractivity (Wildman–Crippen MR) is 235 cm³/mol. The van der Waals surface area contributed by atoms with Gasteiger partial charge in [0.15, 0.2) is 11.6 Å². The van der Waals surface area contributed by atoms with Crippen molar-refractivity contribution >= 4 is 112 Å². The topological polar surface area (TPSA) is 237 Å². The Balaban J connectivity index is 0.000000231. The Hall–Kier alpha value is -5.38. The molecule has 0 unspecified atom stereocenters. The van der Waals surface area contributed by atoms with E-state index in [0.29, 0.717) is 49.9 Å². The summed E-state index contributed by atoms with van der Waals surface area (Å²) in [5, 5.41) is 14.1. The van der Waals surface area contributed by atoms with Gasteiger partial charge in [-0.3, -0.25) is 19.2 Å². The van der Waals surface area contributed by atoms with E-state index in [0.717, 1.165) is 33.8 Å². The summed E-state index contributed by atoms with van der Waals surface area (Å²) in [5.41, 5.74) is 5.17. The van der Waals surface area contributed by atoms with Crippen molar-refractivity contribution in [2.75, 3.05) is 20.1 Å². The van der Waals surface area contributed by atoms with Crippen molar-refractivity contribution in [1.29, 1.82) is 0 Å². The molecule has 322 valence electrons. The number of carbonyl (C=O) groups is 4. The molecule has 0 spiro atoms. The molecule has 2 aromatic carbocycles. The zero-order chi connectivity index (χ0) is 45.3. The minimum absolute atomic E-state index is 0.0289. The van der Waals surface area contributed by atoms with Crippen LogP contribution in [-0.4, -0.2) is 50.5 Å². The van der Waals surface area contributed by atoms with E-state index in [2.05, 4.69) is 30.4 Å². The van der Waals surface area contributed by atoms with Crippen LogP contribution in [-0.2, 0) is 20.0 Å². The molecule has 6 rings (SSSR count). The number of hydrogen-bond acceptors (Lipinski definition) is 14. The maximum atomic E-state index is 13.1. The van der Waals surface area contributed by atoms with Gasteiger partial charge in [0.25, 0.3) is 43.6 Å². The average Bonchev–Trinajstić information content (AvgIpc) is 3.96. The Morgan fingerprint density at radius 2 is 1.05 bits per heavy atom. The average molecular weight is 950 g/mol. The van der Waals surface area contributed by atoms with E-state index in [1.54, 1.807) is 46.8 Å². The molecule has 2 amide bonds. The van der Waals surface area contributed by atoms with Crippen molar-refractivity contribution in [1.82, 2.24) is 10.3 Å². The normalized spacial score (nSPS) is 11.4. The largest absolute Gasteiger partial charge is 0.336 e. The van der Waals surface area contributed by atoms with Crippen LogP contribution in [0.25, 0.3) is 0 Å². The molecule has 0 saturated heterocycles. The van der Waals surface area contributed by atoms with Crippen LogP contribution in [0.15, 0.2) is 60.6 Å². The van der Waals surface area contributed by atoms with Gasteiger partial charge in [-0.05, 0) is 114 Å². The van der Waals surface area contributed by atoms with Crippen LogP contribution in [0.5, 0.6) is 0 Å². The molecule has 4 N–H and O–H groups in total. The van der Waals surface area contributed by atoms with Gasteiger partial charge in [0, 0.05) is 16.0 Å². The van der Waals surface area contributed by atoms with E-state index < -0.39 is 31.9 Å². The lowest BCUT2D eigenvalue weighted by molar-refractivity contribution is 0.100. The first-order valence-corrected chi connectivity index (χ1v) is 23.2. The van der Waals surface area contributed by atoms with Gasteiger partial charge in [0.2, 0.25) is 0 Å². The number of amides is 2. The van der Waals surface area contributed by atoms with Crippen molar-refractivity contribution in [3.63, 3.8) is 0 Å². The molecule has 61 heavy (non-hydrogen) atoms. The van der Waals surface area contributed by atoms with Gasteiger partial charge in [-0.15, -0.1) is 22.7 Å². The SMILES string of the molecule is CC(=O)c1cc(C)cc(C)c1NC(=O)c1sc(C)cc1S(=O)(=O)Nc1onc(C)c1Cl.CC(=O)c1cc(C)cc(C)c1NC(=O)c1sccc1S(=O)(=O)Nc1onc(C)c1Cl. The molecule has 16 nitrogen and oxygen atoms in total. The third kappa shape index (κ3) is 10.4. The van der Waals surface area contributed by atoms with E-state index in [1.165, 1.54) is 31.4 Å². The van der Waals surface area contributed by atoms with Crippen LogP contribution in [0.4, 0.5) is 23.1 Å². The van der Waals surface area contributed by atoms with Crippen LogP contribution in [0.3, 0.4) is 0 Å². The molecule has 0 aliphatic carbocycles. The second kappa shape index (κ2) is 18.3. The number of ketones is 2. The lowest BCUT2D eigenvalue weighted by atomic mass is 10.0. The van der Waals surface area contributed by atoms with Gasteiger partial charge in [-0.2, -0.15) is 0 Å². The molecule has 0 aliphatic heterocycles. The number of nitrogens with one attached hydrogen (secondary N) is 4. The molecular formula is C39H38Cl2N6O10S4. The van der Waals surface area contributed by atoms with Crippen LogP contribution >= 0.6 is 45.9 Å². The Labute approximate surface area is 369 Å². The van der Waals surface area contributed by atoms with E-state index >= 15 is 0 Å². The summed E-state index contributed by atoms with van der Waals surface area (Å²) in [6.07, 6.45) is 0. The number of benzene rings is 2. The smallest absolute Gasteiger partial charge is 0.267 e. The molecular weight excluding hydrogens is 912 g/mol. The van der Waals surface area contributed by atoms with Crippen molar-refractivity contribution in [2.45, 2.75) is 72.1 Å². The van der Waals surface area contributed by atoms with Gasteiger partial charge in [-0.1, -0.05) is 45.6 Å². The molecule has 0 saturated carbocycles. The summed E-state index contributed by atoms with van der Waals surface area (Å²) in [6, 6.07) is 9.68. The fraction of sp³-hybridized carbons (Fsp3) is 0.231. The van der Waals surface area contributed by atoms with E-state index in [1.807, 2.05) is 26.0 Å². The van der Waals surface area contributed by atoms with Crippen molar-refractivity contribution in [3.8, 4) is 0 Å². The van der Waals surface area contributed by atoms with Gasteiger partial charge in [-0.25, -0.2) is 26.3 Å². The number of anilines is 4. The van der Waals surface area contributed by atoms with Crippen molar-refractivity contribution < 1.29 is 45.1 Å².